The molecule has 0 radical (unpaired) electrons. The van der Waals surface area contributed by atoms with Gasteiger partial charge in [0.15, 0.2) is 0 Å². The maximum atomic E-state index is 12.1. The third-order valence-corrected chi connectivity index (χ3v) is 4.31. The molecule has 0 amide bonds. The van der Waals surface area contributed by atoms with Gasteiger partial charge in [-0.3, -0.25) is 4.79 Å². The minimum atomic E-state index is -0.00403. The first-order valence-electron chi connectivity index (χ1n) is 7.32. The summed E-state index contributed by atoms with van der Waals surface area (Å²) in [5.41, 5.74) is 0.909. The summed E-state index contributed by atoms with van der Waals surface area (Å²) < 4.78 is 6.92. The first kappa shape index (κ1) is 13.6. The molecular formula is C14H22N4O2. The van der Waals surface area contributed by atoms with E-state index in [9.17, 15) is 4.79 Å². The summed E-state index contributed by atoms with van der Waals surface area (Å²) in [6.45, 7) is 4.62. The molecule has 110 valence electrons. The largest absolute Gasteiger partial charge is 0.380 e. The Kier molecular flexibility index (Phi) is 4.03. The fourth-order valence-electron chi connectivity index (χ4n) is 2.78. The molecule has 20 heavy (non-hydrogen) atoms. The summed E-state index contributed by atoms with van der Waals surface area (Å²) in [6.07, 6.45) is 4.10. The summed E-state index contributed by atoms with van der Waals surface area (Å²) in [5, 5.41) is 7.55. The minimum Gasteiger partial charge on any atom is -0.380 e. The molecule has 3 rings (SSSR count). The van der Waals surface area contributed by atoms with Gasteiger partial charge in [-0.1, -0.05) is 0 Å². The first-order valence-corrected chi connectivity index (χ1v) is 7.32. The number of ether oxygens (including phenoxy) is 1. The molecule has 2 saturated heterocycles. The zero-order valence-electron chi connectivity index (χ0n) is 11.9. The van der Waals surface area contributed by atoms with Crippen LogP contribution in [0.5, 0.6) is 0 Å². The second kappa shape index (κ2) is 5.93. The van der Waals surface area contributed by atoms with Gasteiger partial charge in [-0.25, -0.2) is 4.68 Å². The van der Waals surface area contributed by atoms with Crippen molar-refractivity contribution >= 4 is 5.69 Å². The Morgan fingerprint density at radius 3 is 2.95 bits per heavy atom. The lowest BCUT2D eigenvalue weighted by molar-refractivity contribution is 0.121. The van der Waals surface area contributed by atoms with Crippen LogP contribution in [0, 0.1) is 5.92 Å². The van der Waals surface area contributed by atoms with Gasteiger partial charge in [0.25, 0.3) is 5.56 Å². The van der Waals surface area contributed by atoms with Crippen LogP contribution in [-0.2, 0) is 11.3 Å². The molecule has 0 spiro atoms. The fourth-order valence-corrected chi connectivity index (χ4v) is 2.78. The third-order valence-electron chi connectivity index (χ3n) is 4.31. The van der Waals surface area contributed by atoms with E-state index < -0.39 is 0 Å². The zero-order valence-corrected chi connectivity index (χ0v) is 11.9. The molecule has 0 aliphatic carbocycles. The standard InChI is InChI=1S/C14H22N4O2/c1-20-13-3-4-17(10-13)12-6-14(19)18(16-9-12)5-2-11-7-15-8-11/h6,9,11,13,15H,2-5,7-8,10H2,1H3. The van der Waals surface area contributed by atoms with Gasteiger partial charge < -0.3 is 15.0 Å². The van der Waals surface area contributed by atoms with Crippen molar-refractivity contribution < 1.29 is 4.74 Å². The molecule has 2 aliphatic rings. The van der Waals surface area contributed by atoms with Crippen LogP contribution in [0.15, 0.2) is 17.1 Å². The van der Waals surface area contributed by atoms with E-state index in [0.717, 1.165) is 44.7 Å². The Labute approximate surface area is 118 Å². The molecular weight excluding hydrogens is 256 g/mol. The fraction of sp³-hybridized carbons (Fsp3) is 0.714. The molecule has 1 atom stereocenters. The number of methoxy groups -OCH3 is 1. The maximum Gasteiger partial charge on any atom is 0.268 e. The molecule has 2 fully saturated rings. The number of hydrogen-bond acceptors (Lipinski definition) is 5. The normalized spacial score (nSPS) is 23.1. The van der Waals surface area contributed by atoms with Crippen molar-refractivity contribution in [2.75, 3.05) is 38.2 Å². The molecule has 0 saturated carbocycles. The van der Waals surface area contributed by atoms with Crippen molar-refractivity contribution in [3.05, 3.63) is 22.6 Å². The van der Waals surface area contributed by atoms with Crippen LogP contribution in [-0.4, -0.2) is 49.2 Å². The van der Waals surface area contributed by atoms with E-state index in [0.29, 0.717) is 12.5 Å². The highest BCUT2D eigenvalue weighted by Gasteiger charge is 2.23. The number of nitrogens with one attached hydrogen (secondary N) is 1. The van der Waals surface area contributed by atoms with Gasteiger partial charge in [0.2, 0.25) is 0 Å². The summed E-state index contributed by atoms with van der Waals surface area (Å²) >= 11 is 0. The first-order chi connectivity index (χ1) is 9.76. The van der Waals surface area contributed by atoms with Crippen LogP contribution >= 0.6 is 0 Å². The molecule has 1 aromatic rings. The third kappa shape index (κ3) is 2.86. The van der Waals surface area contributed by atoms with E-state index >= 15 is 0 Å². The van der Waals surface area contributed by atoms with Crippen molar-refractivity contribution in [1.82, 2.24) is 15.1 Å². The molecule has 1 N–H and O–H groups in total. The molecule has 0 bridgehead atoms. The smallest absolute Gasteiger partial charge is 0.268 e. The number of nitrogens with zero attached hydrogens (tertiary/aromatic N) is 3. The van der Waals surface area contributed by atoms with Gasteiger partial charge >= 0.3 is 0 Å². The van der Waals surface area contributed by atoms with Crippen LogP contribution in [0.3, 0.4) is 0 Å². The van der Waals surface area contributed by atoms with Gasteiger partial charge in [0.1, 0.15) is 0 Å². The SMILES string of the molecule is COC1CCN(c2cnn(CCC3CNC3)c(=O)c2)C1. The second-order valence-corrected chi connectivity index (χ2v) is 5.68. The molecule has 6 nitrogen and oxygen atoms in total. The Morgan fingerprint density at radius 1 is 1.50 bits per heavy atom. The number of hydrogen-bond donors (Lipinski definition) is 1. The van der Waals surface area contributed by atoms with Gasteiger partial charge in [0, 0.05) is 32.8 Å². The van der Waals surface area contributed by atoms with Gasteiger partial charge in [-0.2, -0.15) is 5.10 Å². The lowest BCUT2D eigenvalue weighted by atomic mass is 10.00. The summed E-state index contributed by atoms with van der Waals surface area (Å²) in [7, 11) is 1.74. The summed E-state index contributed by atoms with van der Waals surface area (Å²) in [5.74, 6) is 0.699. The lowest BCUT2D eigenvalue weighted by Gasteiger charge is -2.27. The Hall–Kier alpha value is -1.40. The Morgan fingerprint density at radius 2 is 2.35 bits per heavy atom. The summed E-state index contributed by atoms with van der Waals surface area (Å²) in [4.78, 5) is 14.3. The van der Waals surface area contributed by atoms with Crippen LogP contribution < -0.4 is 15.8 Å². The predicted molar refractivity (Wildman–Crippen MR) is 77.1 cm³/mol. The monoisotopic (exact) mass is 278 g/mol. The molecule has 1 aromatic heterocycles. The van der Waals surface area contributed by atoms with Crippen molar-refractivity contribution in [3.63, 3.8) is 0 Å². The lowest BCUT2D eigenvalue weighted by Crippen LogP contribution is -2.42. The van der Waals surface area contributed by atoms with Crippen molar-refractivity contribution in [3.8, 4) is 0 Å². The number of rotatable bonds is 5. The molecule has 0 aromatic carbocycles. The Bertz CT molecular complexity index is 512. The molecule has 2 aliphatic heterocycles. The van der Waals surface area contributed by atoms with E-state index in [4.69, 9.17) is 4.74 Å². The van der Waals surface area contributed by atoms with Gasteiger partial charge in [0.05, 0.1) is 18.0 Å². The average Bonchev–Trinajstić information content (AvgIpc) is 2.87. The van der Waals surface area contributed by atoms with E-state index in [1.807, 2.05) is 0 Å². The van der Waals surface area contributed by atoms with Crippen molar-refractivity contribution in [2.45, 2.75) is 25.5 Å². The zero-order chi connectivity index (χ0) is 13.9. The molecule has 3 heterocycles. The van der Waals surface area contributed by atoms with E-state index in [-0.39, 0.29) is 11.7 Å². The van der Waals surface area contributed by atoms with Crippen molar-refractivity contribution in [2.24, 2.45) is 5.92 Å². The van der Waals surface area contributed by atoms with Crippen LogP contribution in [0.25, 0.3) is 0 Å². The predicted octanol–water partition coefficient (Wildman–Crippen LogP) is 0.0779. The topological polar surface area (TPSA) is 59.4 Å². The number of aromatic nitrogens is 2. The van der Waals surface area contributed by atoms with Gasteiger partial charge in [-0.05, 0) is 31.8 Å². The summed E-state index contributed by atoms with van der Waals surface area (Å²) in [6, 6.07) is 1.70. The highest BCUT2D eigenvalue weighted by molar-refractivity contribution is 5.44. The van der Waals surface area contributed by atoms with Crippen molar-refractivity contribution in [1.29, 1.82) is 0 Å². The average molecular weight is 278 g/mol. The maximum absolute atomic E-state index is 12.1. The van der Waals surface area contributed by atoms with Crippen LogP contribution in [0.2, 0.25) is 0 Å². The number of aryl methyl sites for hydroxylation is 1. The second-order valence-electron chi connectivity index (χ2n) is 5.68. The van der Waals surface area contributed by atoms with E-state index in [1.165, 1.54) is 0 Å². The van der Waals surface area contributed by atoms with E-state index in [1.54, 1.807) is 24.1 Å². The van der Waals surface area contributed by atoms with Crippen LogP contribution in [0.1, 0.15) is 12.8 Å². The quantitative estimate of drug-likeness (QED) is 0.826. The highest BCUT2D eigenvalue weighted by atomic mass is 16.5. The highest BCUT2D eigenvalue weighted by Crippen LogP contribution is 2.19. The minimum absolute atomic E-state index is 0.00403. The molecule has 1 unspecified atom stereocenters. The number of anilines is 1. The van der Waals surface area contributed by atoms with E-state index in [2.05, 4.69) is 15.3 Å². The molecule has 6 heteroatoms. The Balaban J connectivity index is 1.63. The van der Waals surface area contributed by atoms with Crippen LogP contribution in [0.4, 0.5) is 5.69 Å². The van der Waals surface area contributed by atoms with Gasteiger partial charge in [-0.15, -0.1) is 0 Å².